The fraction of sp³-hybridized carbons (Fsp3) is 0.953. The highest BCUT2D eigenvalue weighted by atomic mass is 79.9. The van der Waals surface area contributed by atoms with Gasteiger partial charge in [0.05, 0.1) is 0 Å². The molecule has 0 aliphatic heterocycles. The van der Waals surface area contributed by atoms with E-state index in [1.165, 1.54) is 153 Å². The Morgan fingerprint density at radius 2 is 0.792 bits per heavy atom. The summed E-state index contributed by atoms with van der Waals surface area (Å²) in [5.41, 5.74) is 0. The Balaban J connectivity index is -0.000000152. The molecular formula is C43H98Br2O6Si2. The highest BCUT2D eigenvalue weighted by molar-refractivity contribution is 9.09. The van der Waals surface area contributed by atoms with Crippen LogP contribution < -0.4 is 0 Å². The van der Waals surface area contributed by atoms with Gasteiger partial charge in [0.15, 0.2) is 0 Å². The smallest absolute Gasteiger partial charge is 0.399 e. The van der Waals surface area contributed by atoms with E-state index in [0.29, 0.717) is 19.8 Å². The van der Waals surface area contributed by atoms with Crippen molar-refractivity contribution in [3.63, 3.8) is 0 Å². The van der Waals surface area contributed by atoms with E-state index in [4.69, 9.17) is 27.2 Å². The van der Waals surface area contributed by atoms with E-state index in [-0.39, 0.29) is 8.03 Å². The second kappa shape index (κ2) is 64.8. The molecule has 0 aliphatic rings. The number of unbranched alkanes of at least 4 members (excludes halogenated alkanes) is 21. The van der Waals surface area contributed by atoms with Crippen LogP contribution in [0.5, 0.6) is 0 Å². The third kappa shape index (κ3) is 68.0. The summed E-state index contributed by atoms with van der Waals surface area (Å²) in [5, 5.41) is 9.89. The molecule has 0 radical (unpaired) electrons. The van der Waals surface area contributed by atoms with Gasteiger partial charge in [-0.1, -0.05) is 174 Å². The zero-order valence-corrected chi connectivity index (χ0v) is 42.7. The van der Waals surface area contributed by atoms with Gasteiger partial charge in [0, 0.05) is 57.8 Å². The van der Waals surface area contributed by atoms with Crippen molar-refractivity contribution in [2.24, 2.45) is 0 Å². The van der Waals surface area contributed by atoms with Crippen LogP contribution in [0.2, 0.25) is 6.04 Å². The van der Waals surface area contributed by atoms with Gasteiger partial charge < -0.3 is 27.2 Å². The van der Waals surface area contributed by atoms with Gasteiger partial charge in [-0.25, -0.2) is 0 Å². The molecular weight excluding hydrogens is 828 g/mol. The predicted molar refractivity (Wildman–Crippen MR) is 252 cm³/mol. The molecule has 0 aliphatic carbocycles. The predicted octanol–water partition coefficient (Wildman–Crippen LogP) is 14.7. The minimum Gasteiger partial charge on any atom is -0.399 e. The molecule has 0 aromatic rings. The normalized spacial score (nSPS) is 10.5. The van der Waals surface area contributed by atoms with Gasteiger partial charge in [0.25, 0.3) is 0 Å². The summed E-state index contributed by atoms with van der Waals surface area (Å²) in [6.07, 6.45) is 34.9. The Morgan fingerprint density at radius 1 is 0.491 bits per heavy atom. The molecule has 10 heteroatoms. The van der Waals surface area contributed by atoms with Crippen LogP contribution in [0.3, 0.4) is 0 Å². The van der Waals surface area contributed by atoms with Crippen LogP contribution in [0.1, 0.15) is 211 Å². The van der Waals surface area contributed by atoms with Gasteiger partial charge in [-0.05, 0) is 73.6 Å². The first kappa shape index (κ1) is 63.1. The van der Waals surface area contributed by atoms with Gasteiger partial charge >= 0.3 is 18.8 Å². The highest BCUT2D eigenvalue weighted by Crippen LogP contribution is 2.21. The van der Waals surface area contributed by atoms with E-state index in [0.717, 1.165) is 31.0 Å². The molecule has 0 spiro atoms. The number of allylic oxidation sites excluding steroid dienone is 1. The van der Waals surface area contributed by atoms with Crippen LogP contribution in [0.4, 0.5) is 0 Å². The zero-order chi connectivity index (χ0) is 40.8. The van der Waals surface area contributed by atoms with E-state index in [1.54, 1.807) is 6.92 Å². The molecule has 0 unspecified atom stereocenters. The number of hydrogen-bond acceptors (Lipinski definition) is 6. The molecule has 328 valence electrons. The lowest BCUT2D eigenvalue weighted by atomic mass is 10.1. The molecule has 0 aromatic heterocycles. The van der Waals surface area contributed by atoms with E-state index in [2.05, 4.69) is 52.3 Å². The summed E-state index contributed by atoms with van der Waals surface area (Å²) in [4.78, 5) is 0. The lowest BCUT2D eigenvalue weighted by Gasteiger charge is -2.28. The molecule has 1 N–H and O–H groups in total. The molecule has 0 fully saturated rings. The fourth-order valence-electron chi connectivity index (χ4n) is 5.20. The van der Waals surface area contributed by atoms with Crippen LogP contribution in [-0.2, 0) is 22.1 Å². The summed E-state index contributed by atoms with van der Waals surface area (Å²) >= 11 is 6.92. The number of halogens is 2. The summed E-state index contributed by atoms with van der Waals surface area (Å²) in [6, 6.07) is 0.966. The van der Waals surface area contributed by atoms with Gasteiger partial charge in [-0.2, -0.15) is 0 Å². The Bertz CT molecular complexity index is 563. The van der Waals surface area contributed by atoms with Gasteiger partial charge in [0.2, 0.25) is 0 Å². The maximum absolute atomic E-state index is 7.57. The second-order valence-corrected chi connectivity index (χ2v) is 18.4. The van der Waals surface area contributed by atoms with Gasteiger partial charge in [0.1, 0.15) is 0 Å². The van der Waals surface area contributed by atoms with Crippen LogP contribution in [-0.4, -0.2) is 74.2 Å². The topological polar surface area (TPSA) is 66.4 Å². The number of hydrogen-bond donors (Lipinski definition) is 1. The third-order valence-corrected chi connectivity index (χ3v) is 13.5. The first-order valence-electron chi connectivity index (χ1n) is 22.3. The number of aliphatic hydroxyl groups excluding tert-OH is 1. The standard InChI is InChI=1S/C17H37BrO3Si.C11H21Br.C9H20.C4H12O2Si.C2H6O.H2/c1-4-19-22(20-5-2,21-6-3)17-15-13-11-9-7-8-10-12-14-16-18;1-2-3-4-5-6-7-8-9-10-11-12;1-3-5-7-9-8-6-4-2;1-3-5-7-6-4-2;1-2-3;/h4-17H2,1-3H3;2H,1,3-11H2;3-9H2,1-2H3;3-4,7H2,1-2H3;3H,2H2,1H3;1H. The molecule has 53 heavy (non-hydrogen) atoms. The second-order valence-electron chi connectivity index (χ2n) is 13.0. The molecule has 0 aromatic carbocycles. The van der Waals surface area contributed by atoms with Crippen molar-refractivity contribution in [3.8, 4) is 0 Å². The minimum atomic E-state index is -2.39. The molecule has 0 saturated heterocycles. The average molecular weight is 927 g/mol. The lowest BCUT2D eigenvalue weighted by Crippen LogP contribution is -2.45. The fourth-order valence-corrected chi connectivity index (χ4v) is 9.13. The van der Waals surface area contributed by atoms with E-state index < -0.39 is 18.8 Å². The Kier molecular flexibility index (Phi) is 77.1. The van der Waals surface area contributed by atoms with Crippen LogP contribution in [0, 0.1) is 0 Å². The molecule has 6 nitrogen and oxygen atoms in total. The van der Waals surface area contributed by atoms with Crippen molar-refractivity contribution in [1.82, 2.24) is 0 Å². The number of aliphatic hydroxyl groups is 1. The van der Waals surface area contributed by atoms with E-state index >= 15 is 0 Å². The summed E-state index contributed by atoms with van der Waals surface area (Å²) < 4.78 is 27.6. The van der Waals surface area contributed by atoms with Crippen molar-refractivity contribution in [3.05, 3.63) is 12.7 Å². The van der Waals surface area contributed by atoms with Crippen LogP contribution >= 0.6 is 31.9 Å². The molecule has 0 amide bonds. The van der Waals surface area contributed by atoms with Crippen molar-refractivity contribution < 1.29 is 28.7 Å². The van der Waals surface area contributed by atoms with Gasteiger partial charge in [-0.3, -0.25) is 0 Å². The summed E-state index contributed by atoms with van der Waals surface area (Å²) in [6.45, 7) is 23.8. The highest BCUT2D eigenvalue weighted by Gasteiger charge is 2.39. The maximum atomic E-state index is 7.57. The summed E-state index contributed by atoms with van der Waals surface area (Å²) in [5.74, 6) is 0. The molecule has 0 atom stereocenters. The van der Waals surface area contributed by atoms with Crippen LogP contribution in [0.25, 0.3) is 0 Å². The third-order valence-electron chi connectivity index (χ3n) is 8.03. The summed E-state index contributed by atoms with van der Waals surface area (Å²) in [7, 11) is -2.98. The van der Waals surface area contributed by atoms with Crippen molar-refractivity contribution in [2.75, 3.05) is 50.3 Å². The SMILES string of the molecule is C=CCCCCCCCCCBr.CCCCCCCCC.CCO.CCO[SiH2]OCC.CCO[Si](CCCCCCCCCCCBr)(OCC)OCC.[HH]. The van der Waals surface area contributed by atoms with Crippen molar-refractivity contribution in [2.45, 2.75) is 216 Å². The average Bonchev–Trinajstić information content (AvgIpc) is 3.15. The Labute approximate surface area is 356 Å². The van der Waals surface area contributed by atoms with E-state index in [1.807, 2.05) is 40.7 Å². The first-order valence-corrected chi connectivity index (χ1v) is 27.6. The molecule has 0 heterocycles. The minimum absolute atomic E-state index is 0. The lowest BCUT2D eigenvalue weighted by molar-refractivity contribution is 0.0706. The Hall–Kier alpha value is 0.894. The monoisotopic (exact) mass is 925 g/mol. The zero-order valence-electron chi connectivity index (χ0n) is 37.1. The molecule has 0 saturated carbocycles. The van der Waals surface area contributed by atoms with Crippen LogP contribution in [0.15, 0.2) is 12.7 Å². The molecule has 0 bridgehead atoms. The van der Waals surface area contributed by atoms with E-state index in [9.17, 15) is 0 Å². The Morgan fingerprint density at radius 3 is 1.08 bits per heavy atom. The quantitative estimate of drug-likeness (QED) is 0.0292. The maximum Gasteiger partial charge on any atom is 0.500 e. The van der Waals surface area contributed by atoms with Crippen molar-refractivity contribution in [1.29, 1.82) is 0 Å². The number of alkyl halides is 2. The first-order chi connectivity index (χ1) is 25.9. The van der Waals surface area contributed by atoms with Gasteiger partial charge in [-0.15, -0.1) is 6.58 Å². The largest absolute Gasteiger partial charge is 0.500 e. The molecule has 0 rings (SSSR count). The number of rotatable bonds is 36. The van der Waals surface area contributed by atoms with Crippen molar-refractivity contribution >= 4 is 50.7 Å².